The number of hydrogen-bond acceptors (Lipinski definition) is 7. The third kappa shape index (κ3) is 11.1. The van der Waals surface area contributed by atoms with E-state index in [2.05, 4.69) is 28.1 Å². The first kappa shape index (κ1) is 29.3. The van der Waals surface area contributed by atoms with E-state index in [9.17, 15) is 14.4 Å². The molecule has 0 radical (unpaired) electrons. The molecule has 0 spiro atoms. The van der Waals surface area contributed by atoms with Crippen molar-refractivity contribution in [3.8, 4) is 11.5 Å². The average molecular weight is 513 g/mol. The van der Waals surface area contributed by atoms with Crippen LogP contribution in [0.15, 0.2) is 47.6 Å². The van der Waals surface area contributed by atoms with Crippen LogP contribution in [0.1, 0.15) is 45.2 Å². The number of benzene rings is 2. The summed E-state index contributed by atoms with van der Waals surface area (Å²) in [5.74, 6) is -1.15. The Morgan fingerprint density at radius 2 is 1.73 bits per heavy atom. The summed E-state index contributed by atoms with van der Waals surface area (Å²) < 4.78 is 16.6. The maximum atomic E-state index is 12.3. The number of hydrazone groups is 1. The largest absolute Gasteiger partial charge is 0.490 e. The maximum Gasteiger partial charge on any atom is 0.329 e. The molecule has 0 aromatic heterocycles. The molecule has 3 amide bonds. The van der Waals surface area contributed by atoms with Crippen LogP contribution in [0.4, 0.5) is 5.69 Å². The zero-order valence-corrected chi connectivity index (χ0v) is 21.8. The van der Waals surface area contributed by atoms with Crippen LogP contribution in [0.25, 0.3) is 0 Å². The monoisotopic (exact) mass is 512 g/mol. The smallest absolute Gasteiger partial charge is 0.329 e. The van der Waals surface area contributed by atoms with Gasteiger partial charge in [0.1, 0.15) is 0 Å². The fraction of sp³-hybridized carbons (Fsp3) is 0.407. The molecule has 10 heteroatoms. The Morgan fingerprint density at radius 1 is 0.973 bits per heavy atom. The van der Waals surface area contributed by atoms with Crippen LogP contribution in [0.2, 0.25) is 0 Å². The summed E-state index contributed by atoms with van der Waals surface area (Å²) >= 11 is 0. The molecule has 0 atom stereocenters. The van der Waals surface area contributed by atoms with Crippen LogP contribution in [-0.2, 0) is 25.5 Å². The van der Waals surface area contributed by atoms with E-state index in [1.165, 1.54) is 11.8 Å². The normalized spacial score (nSPS) is 10.8. The lowest BCUT2D eigenvalue weighted by molar-refractivity contribution is -0.139. The highest BCUT2D eigenvalue weighted by atomic mass is 16.5. The SMILES string of the molecule is CCOc1cc(/C=N\NC(=O)C(=O)NCCCOC(C)C)ccc1OCC(=O)Nc1ccc(CC)cc1. The molecule has 37 heavy (non-hydrogen) atoms. The van der Waals surface area contributed by atoms with Gasteiger partial charge in [-0.1, -0.05) is 19.1 Å². The molecule has 0 fully saturated rings. The predicted molar refractivity (Wildman–Crippen MR) is 142 cm³/mol. The molecule has 2 rings (SSSR count). The predicted octanol–water partition coefficient (Wildman–Crippen LogP) is 3.05. The van der Waals surface area contributed by atoms with Gasteiger partial charge < -0.3 is 24.8 Å². The molecule has 2 aromatic rings. The molecular weight excluding hydrogens is 476 g/mol. The third-order valence-corrected chi connectivity index (χ3v) is 4.92. The van der Waals surface area contributed by atoms with Crippen molar-refractivity contribution in [2.24, 2.45) is 5.10 Å². The van der Waals surface area contributed by atoms with E-state index in [1.807, 2.05) is 45.0 Å². The van der Waals surface area contributed by atoms with Gasteiger partial charge in [0.25, 0.3) is 5.91 Å². The molecule has 0 bridgehead atoms. The van der Waals surface area contributed by atoms with E-state index in [-0.39, 0.29) is 18.6 Å². The fourth-order valence-electron chi connectivity index (χ4n) is 3.05. The Bertz CT molecular complexity index is 1050. The number of amides is 3. The van der Waals surface area contributed by atoms with Crippen molar-refractivity contribution in [3.63, 3.8) is 0 Å². The lowest BCUT2D eigenvalue weighted by atomic mass is 10.1. The summed E-state index contributed by atoms with van der Waals surface area (Å²) in [6, 6.07) is 12.6. The molecular formula is C27H36N4O6. The van der Waals surface area contributed by atoms with Crippen molar-refractivity contribution in [1.29, 1.82) is 0 Å². The van der Waals surface area contributed by atoms with Gasteiger partial charge in [0.05, 0.1) is 18.9 Å². The topological polar surface area (TPSA) is 127 Å². The lowest BCUT2D eigenvalue weighted by Crippen LogP contribution is -2.38. The lowest BCUT2D eigenvalue weighted by Gasteiger charge is -2.13. The Labute approximate surface area is 217 Å². The van der Waals surface area contributed by atoms with Crippen molar-refractivity contribution < 1.29 is 28.6 Å². The molecule has 0 saturated carbocycles. The van der Waals surface area contributed by atoms with Crippen LogP contribution in [0, 0.1) is 0 Å². The van der Waals surface area contributed by atoms with Crippen molar-refractivity contribution >= 4 is 29.6 Å². The van der Waals surface area contributed by atoms with Crippen LogP contribution in [-0.4, -0.2) is 56.4 Å². The number of hydrogen-bond donors (Lipinski definition) is 3. The number of anilines is 1. The van der Waals surface area contributed by atoms with E-state index in [0.29, 0.717) is 48.9 Å². The van der Waals surface area contributed by atoms with Crippen molar-refractivity contribution in [3.05, 3.63) is 53.6 Å². The van der Waals surface area contributed by atoms with E-state index in [4.69, 9.17) is 14.2 Å². The Kier molecular flexibility index (Phi) is 12.6. The summed E-state index contributed by atoms with van der Waals surface area (Å²) in [6.07, 6.45) is 3.02. The number of carbonyl (C=O) groups excluding carboxylic acids is 3. The van der Waals surface area contributed by atoms with Gasteiger partial charge in [-0.2, -0.15) is 5.10 Å². The van der Waals surface area contributed by atoms with Gasteiger partial charge >= 0.3 is 11.8 Å². The van der Waals surface area contributed by atoms with Crippen LogP contribution >= 0.6 is 0 Å². The van der Waals surface area contributed by atoms with Gasteiger partial charge in [0.2, 0.25) is 0 Å². The van der Waals surface area contributed by atoms with Gasteiger partial charge in [0.15, 0.2) is 18.1 Å². The number of nitrogens with zero attached hydrogens (tertiary/aromatic N) is 1. The second-order valence-corrected chi connectivity index (χ2v) is 8.25. The summed E-state index contributed by atoms with van der Waals surface area (Å²) in [5, 5.41) is 9.12. The molecule has 200 valence electrons. The second kappa shape index (κ2) is 15.9. The van der Waals surface area contributed by atoms with Gasteiger partial charge in [-0.3, -0.25) is 14.4 Å². The zero-order valence-electron chi connectivity index (χ0n) is 21.8. The highest BCUT2D eigenvalue weighted by Gasteiger charge is 2.12. The number of rotatable bonds is 14. The van der Waals surface area contributed by atoms with Crippen molar-refractivity contribution in [1.82, 2.24) is 10.7 Å². The Balaban J connectivity index is 1.85. The first-order chi connectivity index (χ1) is 17.8. The molecule has 3 N–H and O–H groups in total. The van der Waals surface area contributed by atoms with Gasteiger partial charge in [-0.25, -0.2) is 5.43 Å². The quantitative estimate of drug-likeness (QED) is 0.155. The van der Waals surface area contributed by atoms with Crippen LogP contribution < -0.4 is 25.5 Å². The molecule has 10 nitrogen and oxygen atoms in total. The minimum Gasteiger partial charge on any atom is -0.490 e. The summed E-state index contributed by atoms with van der Waals surface area (Å²) in [5.41, 5.74) is 4.67. The van der Waals surface area contributed by atoms with Crippen molar-refractivity contribution in [2.75, 3.05) is 31.7 Å². The standard InChI is InChI=1S/C27H36N4O6/c1-5-20-8-11-22(12-9-20)30-25(32)18-37-23-13-10-21(16-24(23)35-6-2)17-29-31-27(34)26(33)28-14-7-15-36-19(3)4/h8-13,16-17,19H,5-7,14-15,18H2,1-4H3,(H,28,33)(H,30,32)(H,31,34)/b29-17-. The highest BCUT2D eigenvalue weighted by molar-refractivity contribution is 6.35. The first-order valence-electron chi connectivity index (χ1n) is 12.3. The summed E-state index contributed by atoms with van der Waals surface area (Å²) in [6.45, 7) is 8.75. The van der Waals surface area contributed by atoms with E-state index >= 15 is 0 Å². The van der Waals surface area contributed by atoms with Crippen molar-refractivity contribution in [2.45, 2.75) is 46.6 Å². The molecule has 0 aliphatic carbocycles. The molecule has 0 aliphatic heterocycles. The fourth-order valence-corrected chi connectivity index (χ4v) is 3.05. The average Bonchev–Trinajstić information content (AvgIpc) is 2.88. The highest BCUT2D eigenvalue weighted by Crippen LogP contribution is 2.28. The van der Waals surface area contributed by atoms with E-state index in [0.717, 1.165) is 6.42 Å². The number of carbonyl (C=O) groups is 3. The summed E-state index contributed by atoms with van der Waals surface area (Å²) in [7, 11) is 0. The number of ether oxygens (including phenoxy) is 3. The minimum atomic E-state index is -0.874. The number of aryl methyl sites for hydroxylation is 1. The molecule has 0 unspecified atom stereocenters. The molecule has 2 aromatic carbocycles. The molecule has 0 saturated heterocycles. The van der Waals surface area contributed by atoms with Gasteiger partial charge in [0, 0.05) is 18.8 Å². The maximum absolute atomic E-state index is 12.3. The van der Waals surface area contributed by atoms with E-state index in [1.54, 1.807) is 18.2 Å². The first-order valence-corrected chi connectivity index (χ1v) is 12.3. The number of nitrogens with one attached hydrogen (secondary N) is 3. The second-order valence-electron chi connectivity index (χ2n) is 8.25. The van der Waals surface area contributed by atoms with Crippen LogP contribution in [0.3, 0.4) is 0 Å². The van der Waals surface area contributed by atoms with Crippen LogP contribution in [0.5, 0.6) is 11.5 Å². The Hall–Kier alpha value is -3.92. The molecule has 0 aliphatic rings. The van der Waals surface area contributed by atoms with Gasteiger partial charge in [-0.05, 0) is 75.1 Å². The Morgan fingerprint density at radius 3 is 2.41 bits per heavy atom. The van der Waals surface area contributed by atoms with Gasteiger partial charge in [-0.15, -0.1) is 0 Å². The van der Waals surface area contributed by atoms with E-state index < -0.39 is 11.8 Å². The third-order valence-electron chi connectivity index (χ3n) is 4.92. The summed E-state index contributed by atoms with van der Waals surface area (Å²) in [4.78, 5) is 36.0. The minimum absolute atomic E-state index is 0.116. The molecule has 0 heterocycles. The zero-order chi connectivity index (χ0) is 27.0.